The standard InChI is InChI=1S/C11H14N4OS.2ClH/c1-6(12)11(16)15-5-7-4-8-9(17-7)2-3-14-10(8)13;;/h2-4,6H,5,12H2,1H3,(H2,13,14)(H,15,16);2*1H/t6-;;/m0../s1. The number of halogens is 2. The predicted octanol–water partition coefficient (Wildman–Crippen LogP) is 1.69. The van der Waals surface area contributed by atoms with E-state index in [4.69, 9.17) is 11.5 Å². The highest BCUT2D eigenvalue weighted by Gasteiger charge is 2.09. The van der Waals surface area contributed by atoms with Crippen molar-refractivity contribution in [3.05, 3.63) is 23.2 Å². The molecule has 2 heterocycles. The van der Waals surface area contributed by atoms with Crippen LogP contribution in [0.5, 0.6) is 0 Å². The molecular weight excluding hydrogens is 307 g/mol. The molecule has 0 bridgehead atoms. The van der Waals surface area contributed by atoms with Crippen molar-refractivity contribution in [2.24, 2.45) is 5.73 Å². The Bertz CT molecular complexity index is 559. The van der Waals surface area contributed by atoms with Crippen LogP contribution >= 0.6 is 36.2 Å². The summed E-state index contributed by atoms with van der Waals surface area (Å²) in [5, 5.41) is 3.70. The minimum atomic E-state index is -0.490. The van der Waals surface area contributed by atoms with Gasteiger partial charge in [0.2, 0.25) is 5.91 Å². The SMILES string of the molecule is C[C@H](N)C(=O)NCc1cc2c(N)nccc2s1.Cl.Cl. The van der Waals surface area contributed by atoms with Crippen molar-refractivity contribution in [2.75, 3.05) is 5.73 Å². The van der Waals surface area contributed by atoms with Crippen LogP contribution in [0.15, 0.2) is 18.3 Å². The fourth-order valence-electron chi connectivity index (χ4n) is 1.46. The Balaban J connectivity index is 0.00000162. The van der Waals surface area contributed by atoms with Gasteiger partial charge in [-0.1, -0.05) is 0 Å². The molecule has 0 aliphatic carbocycles. The zero-order valence-electron chi connectivity index (χ0n) is 10.3. The lowest BCUT2D eigenvalue weighted by molar-refractivity contribution is -0.122. The average molecular weight is 323 g/mol. The summed E-state index contributed by atoms with van der Waals surface area (Å²) in [6.07, 6.45) is 1.68. The zero-order chi connectivity index (χ0) is 12.4. The van der Waals surface area contributed by atoms with E-state index in [0.29, 0.717) is 12.4 Å². The molecule has 2 aromatic rings. The van der Waals surface area contributed by atoms with E-state index in [0.717, 1.165) is 15.0 Å². The number of rotatable bonds is 3. The first-order valence-corrected chi connectivity index (χ1v) is 6.06. The summed E-state index contributed by atoms with van der Waals surface area (Å²) in [4.78, 5) is 16.4. The van der Waals surface area contributed by atoms with Crippen LogP contribution in [0.25, 0.3) is 10.1 Å². The van der Waals surface area contributed by atoms with Gasteiger partial charge in [-0.2, -0.15) is 0 Å². The molecule has 2 rings (SSSR count). The molecule has 5 nitrogen and oxygen atoms in total. The fraction of sp³-hybridized carbons (Fsp3) is 0.273. The van der Waals surface area contributed by atoms with Crippen molar-refractivity contribution < 1.29 is 4.79 Å². The number of nitrogens with two attached hydrogens (primary N) is 2. The third-order valence-corrected chi connectivity index (χ3v) is 3.48. The van der Waals surface area contributed by atoms with E-state index >= 15 is 0 Å². The first kappa shape index (κ1) is 17.9. The second-order valence-electron chi connectivity index (χ2n) is 3.83. The lowest BCUT2D eigenvalue weighted by Gasteiger charge is -2.05. The van der Waals surface area contributed by atoms with E-state index in [1.165, 1.54) is 0 Å². The number of amides is 1. The first-order valence-electron chi connectivity index (χ1n) is 5.24. The molecule has 0 saturated carbocycles. The number of hydrogen-bond donors (Lipinski definition) is 3. The number of thiophene rings is 1. The maximum absolute atomic E-state index is 11.3. The van der Waals surface area contributed by atoms with Crippen LogP contribution in [-0.4, -0.2) is 16.9 Å². The number of hydrogen-bond acceptors (Lipinski definition) is 5. The van der Waals surface area contributed by atoms with Crippen molar-refractivity contribution in [3.63, 3.8) is 0 Å². The molecule has 0 aliphatic rings. The lowest BCUT2D eigenvalue weighted by Crippen LogP contribution is -2.37. The Labute approximate surface area is 127 Å². The van der Waals surface area contributed by atoms with E-state index in [9.17, 15) is 4.79 Å². The quantitative estimate of drug-likeness (QED) is 0.801. The van der Waals surface area contributed by atoms with Gasteiger partial charge in [0.15, 0.2) is 0 Å². The topological polar surface area (TPSA) is 94.0 Å². The molecule has 19 heavy (non-hydrogen) atoms. The minimum Gasteiger partial charge on any atom is -0.383 e. The molecule has 0 saturated heterocycles. The van der Waals surface area contributed by atoms with E-state index in [1.807, 2.05) is 12.1 Å². The Morgan fingerprint density at radius 3 is 2.79 bits per heavy atom. The molecule has 106 valence electrons. The molecule has 1 amide bonds. The van der Waals surface area contributed by atoms with Gasteiger partial charge >= 0.3 is 0 Å². The molecular formula is C11H16Cl2N4OS. The molecule has 2 aromatic heterocycles. The number of pyridine rings is 1. The van der Waals surface area contributed by atoms with Gasteiger partial charge < -0.3 is 16.8 Å². The molecule has 0 radical (unpaired) electrons. The first-order chi connectivity index (χ1) is 8.08. The summed E-state index contributed by atoms with van der Waals surface area (Å²) in [6.45, 7) is 2.13. The van der Waals surface area contributed by atoms with E-state index in [-0.39, 0.29) is 30.7 Å². The smallest absolute Gasteiger partial charge is 0.236 e. The van der Waals surface area contributed by atoms with Crippen LogP contribution in [0.2, 0.25) is 0 Å². The molecule has 0 aliphatic heterocycles. The molecule has 0 aromatic carbocycles. The van der Waals surface area contributed by atoms with E-state index < -0.39 is 6.04 Å². The normalized spacial score (nSPS) is 11.3. The molecule has 0 fully saturated rings. The Morgan fingerprint density at radius 2 is 2.21 bits per heavy atom. The van der Waals surface area contributed by atoms with Gasteiger partial charge in [-0.05, 0) is 19.1 Å². The van der Waals surface area contributed by atoms with Crippen LogP contribution in [0.4, 0.5) is 5.82 Å². The highest BCUT2D eigenvalue weighted by molar-refractivity contribution is 7.19. The lowest BCUT2D eigenvalue weighted by atomic mass is 10.3. The number of carbonyl (C=O) groups is 1. The monoisotopic (exact) mass is 322 g/mol. The van der Waals surface area contributed by atoms with E-state index in [2.05, 4.69) is 10.3 Å². The number of nitrogens with one attached hydrogen (secondary N) is 1. The van der Waals surface area contributed by atoms with Crippen LogP contribution in [0.1, 0.15) is 11.8 Å². The van der Waals surface area contributed by atoms with Crippen molar-refractivity contribution in [3.8, 4) is 0 Å². The molecule has 0 unspecified atom stereocenters. The van der Waals surface area contributed by atoms with Crippen molar-refractivity contribution >= 4 is 58.0 Å². The largest absolute Gasteiger partial charge is 0.383 e. The second-order valence-corrected chi connectivity index (χ2v) is 5.00. The highest BCUT2D eigenvalue weighted by atomic mass is 35.5. The number of nitrogens with zero attached hydrogens (tertiary/aromatic N) is 1. The van der Waals surface area contributed by atoms with Gasteiger partial charge in [0.05, 0.1) is 12.6 Å². The summed E-state index contributed by atoms with van der Waals surface area (Å²) in [5.74, 6) is 0.358. The summed E-state index contributed by atoms with van der Waals surface area (Å²) >= 11 is 1.59. The number of anilines is 1. The van der Waals surface area contributed by atoms with Crippen molar-refractivity contribution in [1.29, 1.82) is 0 Å². The fourth-order valence-corrected chi connectivity index (χ4v) is 2.46. The van der Waals surface area contributed by atoms with Crippen LogP contribution < -0.4 is 16.8 Å². The summed E-state index contributed by atoms with van der Waals surface area (Å²) < 4.78 is 1.07. The number of aromatic nitrogens is 1. The highest BCUT2D eigenvalue weighted by Crippen LogP contribution is 2.28. The van der Waals surface area contributed by atoms with Crippen molar-refractivity contribution in [1.82, 2.24) is 10.3 Å². The summed E-state index contributed by atoms with van der Waals surface area (Å²) in [5.41, 5.74) is 11.2. The number of nitrogen functional groups attached to an aromatic ring is 1. The third kappa shape index (κ3) is 4.21. The van der Waals surface area contributed by atoms with Crippen LogP contribution in [0, 0.1) is 0 Å². The average Bonchev–Trinajstić information content (AvgIpc) is 2.70. The Kier molecular flexibility index (Phi) is 7.07. The number of carbonyl (C=O) groups excluding carboxylic acids is 1. The summed E-state index contributed by atoms with van der Waals surface area (Å²) in [6, 6.07) is 3.37. The maximum atomic E-state index is 11.3. The van der Waals surface area contributed by atoms with Crippen LogP contribution in [0.3, 0.4) is 0 Å². The second kappa shape index (κ2) is 7.49. The van der Waals surface area contributed by atoms with Gasteiger partial charge in [-0.3, -0.25) is 4.79 Å². The van der Waals surface area contributed by atoms with Gasteiger partial charge in [-0.25, -0.2) is 4.98 Å². The zero-order valence-corrected chi connectivity index (χ0v) is 12.7. The van der Waals surface area contributed by atoms with Gasteiger partial charge in [0.25, 0.3) is 0 Å². The van der Waals surface area contributed by atoms with E-state index in [1.54, 1.807) is 24.5 Å². The Hall–Kier alpha value is -1.08. The van der Waals surface area contributed by atoms with Gasteiger partial charge in [0, 0.05) is 21.2 Å². The number of fused-ring (bicyclic) bond motifs is 1. The molecule has 5 N–H and O–H groups in total. The molecule has 1 atom stereocenters. The predicted molar refractivity (Wildman–Crippen MR) is 84.0 cm³/mol. The molecule has 8 heteroatoms. The Morgan fingerprint density at radius 1 is 1.53 bits per heavy atom. The maximum Gasteiger partial charge on any atom is 0.236 e. The van der Waals surface area contributed by atoms with Gasteiger partial charge in [0.1, 0.15) is 5.82 Å². The van der Waals surface area contributed by atoms with Crippen LogP contribution in [-0.2, 0) is 11.3 Å². The minimum absolute atomic E-state index is 0. The van der Waals surface area contributed by atoms with Gasteiger partial charge in [-0.15, -0.1) is 36.2 Å². The van der Waals surface area contributed by atoms with Crippen molar-refractivity contribution in [2.45, 2.75) is 19.5 Å². The molecule has 0 spiro atoms. The third-order valence-electron chi connectivity index (χ3n) is 2.38. The summed E-state index contributed by atoms with van der Waals surface area (Å²) in [7, 11) is 0.